The standard InChI is InChI=1S/C16H20F3NO/c17-16(18,19)13-5-3-8-20-14(13)10-11-7-9-21-15-6-2-1-4-12(11)15/h1-2,4,6,11,13-14,20H,3,5,7-10H2. The van der Waals surface area contributed by atoms with Gasteiger partial charge in [-0.1, -0.05) is 18.2 Å². The maximum absolute atomic E-state index is 13.2. The Kier molecular flexibility index (Phi) is 4.11. The minimum Gasteiger partial charge on any atom is -0.493 e. The van der Waals surface area contributed by atoms with E-state index < -0.39 is 18.1 Å². The van der Waals surface area contributed by atoms with Crippen molar-refractivity contribution in [1.82, 2.24) is 5.32 Å². The molecule has 0 bridgehead atoms. The smallest absolute Gasteiger partial charge is 0.393 e. The molecular formula is C16H20F3NO. The van der Waals surface area contributed by atoms with Gasteiger partial charge in [-0.15, -0.1) is 0 Å². The molecule has 0 amide bonds. The van der Waals surface area contributed by atoms with E-state index in [4.69, 9.17) is 4.74 Å². The maximum Gasteiger partial charge on any atom is 0.393 e. The van der Waals surface area contributed by atoms with Gasteiger partial charge in [-0.05, 0) is 49.8 Å². The van der Waals surface area contributed by atoms with Crippen LogP contribution in [0.4, 0.5) is 13.2 Å². The second-order valence-corrected chi connectivity index (χ2v) is 5.96. The summed E-state index contributed by atoms with van der Waals surface area (Å²) < 4.78 is 45.1. The molecule has 1 fully saturated rings. The lowest BCUT2D eigenvalue weighted by Gasteiger charge is -2.37. The zero-order chi connectivity index (χ0) is 14.9. The van der Waals surface area contributed by atoms with Gasteiger partial charge in [-0.2, -0.15) is 13.2 Å². The summed E-state index contributed by atoms with van der Waals surface area (Å²) >= 11 is 0. The number of nitrogens with one attached hydrogen (secondary N) is 1. The molecule has 3 rings (SSSR count). The van der Waals surface area contributed by atoms with Gasteiger partial charge in [0.15, 0.2) is 0 Å². The van der Waals surface area contributed by atoms with Gasteiger partial charge in [-0.25, -0.2) is 0 Å². The zero-order valence-corrected chi connectivity index (χ0v) is 11.8. The third-order valence-electron chi connectivity index (χ3n) is 4.63. The molecule has 0 aromatic heterocycles. The largest absolute Gasteiger partial charge is 0.493 e. The number of rotatable bonds is 2. The Morgan fingerprint density at radius 3 is 2.81 bits per heavy atom. The number of para-hydroxylation sites is 1. The van der Waals surface area contributed by atoms with Crippen molar-refractivity contribution in [1.29, 1.82) is 0 Å². The summed E-state index contributed by atoms with van der Waals surface area (Å²) in [6.07, 6.45) is -1.94. The molecule has 0 radical (unpaired) electrons. The topological polar surface area (TPSA) is 21.3 Å². The minimum atomic E-state index is -4.11. The molecular weight excluding hydrogens is 279 g/mol. The lowest BCUT2D eigenvalue weighted by molar-refractivity contribution is -0.189. The van der Waals surface area contributed by atoms with Gasteiger partial charge in [0.25, 0.3) is 0 Å². The number of alkyl halides is 3. The van der Waals surface area contributed by atoms with Crippen LogP contribution in [0.25, 0.3) is 0 Å². The second-order valence-electron chi connectivity index (χ2n) is 5.96. The Morgan fingerprint density at radius 2 is 2.00 bits per heavy atom. The van der Waals surface area contributed by atoms with E-state index in [1.165, 1.54) is 0 Å². The Labute approximate surface area is 122 Å². The van der Waals surface area contributed by atoms with E-state index in [0.717, 1.165) is 17.7 Å². The summed E-state index contributed by atoms with van der Waals surface area (Å²) in [5.41, 5.74) is 1.05. The molecule has 1 aromatic carbocycles. The number of ether oxygens (including phenoxy) is 1. The first kappa shape index (κ1) is 14.7. The van der Waals surface area contributed by atoms with Crippen LogP contribution in [0.5, 0.6) is 5.75 Å². The number of benzene rings is 1. The monoisotopic (exact) mass is 299 g/mol. The summed E-state index contributed by atoms with van der Waals surface area (Å²) in [5.74, 6) is -0.246. The predicted octanol–water partition coefficient (Wildman–Crippen LogP) is 3.87. The molecule has 116 valence electrons. The Balaban J connectivity index is 1.77. The highest BCUT2D eigenvalue weighted by Crippen LogP contribution is 2.41. The molecule has 1 saturated heterocycles. The summed E-state index contributed by atoms with van der Waals surface area (Å²) in [6, 6.07) is 7.23. The van der Waals surface area contributed by atoms with E-state index in [2.05, 4.69) is 5.32 Å². The highest BCUT2D eigenvalue weighted by Gasteiger charge is 2.46. The molecule has 3 atom stereocenters. The van der Waals surface area contributed by atoms with Gasteiger partial charge >= 0.3 is 6.18 Å². The number of hydrogen-bond donors (Lipinski definition) is 1. The highest BCUT2D eigenvalue weighted by molar-refractivity contribution is 5.37. The zero-order valence-electron chi connectivity index (χ0n) is 11.8. The predicted molar refractivity (Wildman–Crippen MR) is 74.5 cm³/mol. The van der Waals surface area contributed by atoms with Crippen LogP contribution in [0.15, 0.2) is 24.3 Å². The molecule has 21 heavy (non-hydrogen) atoms. The van der Waals surface area contributed by atoms with Gasteiger partial charge in [0.05, 0.1) is 12.5 Å². The van der Waals surface area contributed by atoms with E-state index in [9.17, 15) is 13.2 Å². The van der Waals surface area contributed by atoms with Crippen molar-refractivity contribution in [2.75, 3.05) is 13.2 Å². The minimum absolute atomic E-state index is 0.149. The Hall–Kier alpha value is -1.23. The van der Waals surface area contributed by atoms with Crippen LogP contribution in [-0.2, 0) is 0 Å². The molecule has 0 aliphatic carbocycles. The third-order valence-corrected chi connectivity index (χ3v) is 4.63. The fourth-order valence-electron chi connectivity index (χ4n) is 3.56. The number of fused-ring (bicyclic) bond motifs is 1. The second kappa shape index (κ2) is 5.87. The van der Waals surface area contributed by atoms with E-state index in [-0.39, 0.29) is 12.3 Å². The molecule has 0 spiro atoms. The first-order chi connectivity index (χ1) is 10.1. The molecule has 3 unspecified atom stereocenters. The number of piperidine rings is 1. The van der Waals surface area contributed by atoms with Crippen molar-refractivity contribution in [2.45, 2.75) is 43.8 Å². The third kappa shape index (κ3) is 3.18. The quantitative estimate of drug-likeness (QED) is 0.895. The first-order valence-electron chi connectivity index (χ1n) is 7.57. The average Bonchev–Trinajstić information content (AvgIpc) is 2.47. The average molecular weight is 299 g/mol. The van der Waals surface area contributed by atoms with Crippen molar-refractivity contribution in [2.24, 2.45) is 5.92 Å². The highest BCUT2D eigenvalue weighted by atomic mass is 19.4. The summed E-state index contributed by atoms with van der Waals surface area (Å²) in [6.45, 7) is 1.27. The number of hydrogen-bond acceptors (Lipinski definition) is 2. The lowest BCUT2D eigenvalue weighted by atomic mass is 9.80. The molecule has 1 N–H and O–H groups in total. The van der Waals surface area contributed by atoms with Crippen molar-refractivity contribution in [3.8, 4) is 5.75 Å². The molecule has 2 heterocycles. The van der Waals surface area contributed by atoms with Crippen molar-refractivity contribution < 1.29 is 17.9 Å². The van der Waals surface area contributed by atoms with Crippen LogP contribution < -0.4 is 10.1 Å². The lowest BCUT2D eigenvalue weighted by Crippen LogP contribution is -2.48. The van der Waals surface area contributed by atoms with Crippen LogP contribution in [0.2, 0.25) is 0 Å². The van der Waals surface area contributed by atoms with E-state index in [1.807, 2.05) is 24.3 Å². The van der Waals surface area contributed by atoms with Gasteiger partial charge in [-0.3, -0.25) is 0 Å². The Morgan fingerprint density at radius 1 is 1.19 bits per heavy atom. The number of halogens is 3. The fourth-order valence-corrected chi connectivity index (χ4v) is 3.56. The van der Waals surface area contributed by atoms with Crippen molar-refractivity contribution in [3.05, 3.63) is 29.8 Å². The van der Waals surface area contributed by atoms with E-state index in [0.29, 0.717) is 26.0 Å². The molecule has 2 aliphatic rings. The van der Waals surface area contributed by atoms with Crippen LogP contribution in [0.3, 0.4) is 0 Å². The van der Waals surface area contributed by atoms with Crippen molar-refractivity contribution in [3.63, 3.8) is 0 Å². The van der Waals surface area contributed by atoms with E-state index in [1.54, 1.807) is 0 Å². The van der Waals surface area contributed by atoms with Crippen molar-refractivity contribution >= 4 is 0 Å². The summed E-state index contributed by atoms with van der Waals surface area (Å²) in [7, 11) is 0. The molecule has 5 heteroatoms. The first-order valence-corrected chi connectivity index (χ1v) is 7.57. The van der Waals surface area contributed by atoms with Crippen LogP contribution >= 0.6 is 0 Å². The van der Waals surface area contributed by atoms with Crippen LogP contribution in [0, 0.1) is 5.92 Å². The summed E-state index contributed by atoms with van der Waals surface area (Å²) in [5, 5.41) is 3.09. The molecule has 1 aromatic rings. The van der Waals surface area contributed by atoms with Gasteiger partial charge in [0.2, 0.25) is 0 Å². The van der Waals surface area contributed by atoms with E-state index >= 15 is 0 Å². The van der Waals surface area contributed by atoms with Gasteiger partial charge < -0.3 is 10.1 Å². The normalized spacial score (nSPS) is 29.6. The van der Waals surface area contributed by atoms with Gasteiger partial charge in [0.1, 0.15) is 5.75 Å². The van der Waals surface area contributed by atoms with Crippen LogP contribution in [0.1, 0.15) is 37.2 Å². The Bertz CT molecular complexity index is 489. The molecule has 2 nitrogen and oxygen atoms in total. The fraction of sp³-hybridized carbons (Fsp3) is 0.625. The van der Waals surface area contributed by atoms with Gasteiger partial charge in [0, 0.05) is 6.04 Å². The maximum atomic E-state index is 13.2. The summed E-state index contributed by atoms with van der Waals surface area (Å²) in [4.78, 5) is 0. The SMILES string of the molecule is FC(F)(F)C1CCCNC1CC1CCOc2ccccc21. The molecule has 2 aliphatic heterocycles. The van der Waals surface area contributed by atoms with Crippen LogP contribution in [-0.4, -0.2) is 25.4 Å². The molecule has 0 saturated carbocycles.